The standard InChI is InChI=1S/C10H15NO2/c1-7(13)10(11)9-4-2-8(6-12)3-5-9/h2-5,7,10,12-13H,6,11H2,1H3/t7-,10+/m1/s1. The van der Waals surface area contributed by atoms with Crippen molar-refractivity contribution >= 4 is 0 Å². The van der Waals surface area contributed by atoms with Crippen molar-refractivity contribution in [2.75, 3.05) is 0 Å². The number of hydrogen-bond acceptors (Lipinski definition) is 3. The van der Waals surface area contributed by atoms with Crippen LogP contribution in [0.1, 0.15) is 24.1 Å². The van der Waals surface area contributed by atoms with E-state index in [0.717, 1.165) is 11.1 Å². The van der Waals surface area contributed by atoms with Crippen LogP contribution < -0.4 is 5.73 Å². The van der Waals surface area contributed by atoms with Crippen molar-refractivity contribution in [1.82, 2.24) is 0 Å². The molecule has 0 aliphatic carbocycles. The number of rotatable bonds is 3. The van der Waals surface area contributed by atoms with Crippen molar-refractivity contribution < 1.29 is 10.2 Å². The molecule has 0 saturated carbocycles. The van der Waals surface area contributed by atoms with Gasteiger partial charge in [0, 0.05) is 0 Å². The van der Waals surface area contributed by atoms with E-state index in [2.05, 4.69) is 0 Å². The van der Waals surface area contributed by atoms with E-state index in [9.17, 15) is 5.11 Å². The van der Waals surface area contributed by atoms with Gasteiger partial charge in [0.25, 0.3) is 0 Å². The van der Waals surface area contributed by atoms with Crippen molar-refractivity contribution in [2.45, 2.75) is 25.7 Å². The Morgan fingerprint density at radius 2 is 1.85 bits per heavy atom. The first-order valence-electron chi connectivity index (χ1n) is 4.28. The van der Waals surface area contributed by atoms with Crippen LogP contribution in [0.2, 0.25) is 0 Å². The second-order valence-electron chi connectivity index (χ2n) is 3.17. The Morgan fingerprint density at radius 3 is 2.23 bits per heavy atom. The molecule has 0 aromatic heterocycles. The fourth-order valence-corrected chi connectivity index (χ4v) is 1.12. The van der Waals surface area contributed by atoms with Crippen LogP contribution >= 0.6 is 0 Å². The topological polar surface area (TPSA) is 66.5 Å². The van der Waals surface area contributed by atoms with Gasteiger partial charge in [-0.05, 0) is 18.1 Å². The molecule has 0 bridgehead atoms. The van der Waals surface area contributed by atoms with Gasteiger partial charge in [-0.2, -0.15) is 0 Å². The summed E-state index contributed by atoms with van der Waals surface area (Å²) in [4.78, 5) is 0. The molecule has 0 heterocycles. The van der Waals surface area contributed by atoms with Crippen LogP contribution in [0.25, 0.3) is 0 Å². The molecule has 13 heavy (non-hydrogen) atoms. The summed E-state index contributed by atoms with van der Waals surface area (Å²) in [7, 11) is 0. The smallest absolute Gasteiger partial charge is 0.0704 e. The molecule has 4 N–H and O–H groups in total. The lowest BCUT2D eigenvalue weighted by Gasteiger charge is -2.14. The summed E-state index contributed by atoms with van der Waals surface area (Å²) < 4.78 is 0. The third-order valence-electron chi connectivity index (χ3n) is 2.07. The molecule has 0 radical (unpaired) electrons. The van der Waals surface area contributed by atoms with Crippen LogP contribution in [-0.2, 0) is 6.61 Å². The first kappa shape index (κ1) is 10.2. The maximum absolute atomic E-state index is 9.23. The minimum atomic E-state index is -0.556. The lowest BCUT2D eigenvalue weighted by atomic mass is 10.0. The van der Waals surface area contributed by atoms with Crippen molar-refractivity contribution in [3.05, 3.63) is 35.4 Å². The maximum atomic E-state index is 9.23. The summed E-state index contributed by atoms with van der Waals surface area (Å²) in [5.74, 6) is 0. The van der Waals surface area contributed by atoms with Gasteiger partial charge in [-0.3, -0.25) is 0 Å². The maximum Gasteiger partial charge on any atom is 0.0704 e. The molecule has 0 aliphatic heterocycles. The predicted molar refractivity (Wildman–Crippen MR) is 51.0 cm³/mol. The highest BCUT2D eigenvalue weighted by atomic mass is 16.3. The SMILES string of the molecule is C[C@@H](O)[C@H](N)c1ccc(CO)cc1. The Bertz CT molecular complexity index is 256. The molecule has 3 nitrogen and oxygen atoms in total. The van der Waals surface area contributed by atoms with Gasteiger partial charge < -0.3 is 15.9 Å². The molecular weight excluding hydrogens is 166 g/mol. The van der Waals surface area contributed by atoms with Crippen LogP contribution in [0.5, 0.6) is 0 Å². The van der Waals surface area contributed by atoms with E-state index in [0.29, 0.717) is 0 Å². The number of benzene rings is 1. The highest BCUT2D eigenvalue weighted by molar-refractivity contribution is 5.24. The molecule has 1 aromatic rings. The average molecular weight is 181 g/mol. The summed E-state index contributed by atoms with van der Waals surface area (Å²) in [6.45, 7) is 1.69. The van der Waals surface area contributed by atoms with E-state index in [-0.39, 0.29) is 12.6 Å². The van der Waals surface area contributed by atoms with Crippen molar-refractivity contribution in [3.63, 3.8) is 0 Å². The Balaban J connectivity index is 2.79. The van der Waals surface area contributed by atoms with Gasteiger partial charge in [0.05, 0.1) is 18.8 Å². The van der Waals surface area contributed by atoms with Crippen molar-refractivity contribution in [1.29, 1.82) is 0 Å². The lowest BCUT2D eigenvalue weighted by molar-refractivity contribution is 0.164. The fourth-order valence-electron chi connectivity index (χ4n) is 1.12. The highest BCUT2D eigenvalue weighted by Crippen LogP contribution is 2.14. The Morgan fingerprint density at radius 1 is 1.31 bits per heavy atom. The van der Waals surface area contributed by atoms with E-state index >= 15 is 0 Å². The van der Waals surface area contributed by atoms with Gasteiger partial charge >= 0.3 is 0 Å². The third-order valence-corrected chi connectivity index (χ3v) is 2.07. The molecule has 0 spiro atoms. The molecule has 0 fully saturated rings. The molecule has 1 aromatic carbocycles. The first-order chi connectivity index (χ1) is 6.15. The normalized spacial score (nSPS) is 15.4. The molecule has 0 unspecified atom stereocenters. The van der Waals surface area contributed by atoms with Gasteiger partial charge in [-0.1, -0.05) is 24.3 Å². The van der Waals surface area contributed by atoms with Crippen LogP contribution in [0, 0.1) is 0 Å². The first-order valence-corrected chi connectivity index (χ1v) is 4.28. The zero-order valence-corrected chi connectivity index (χ0v) is 7.64. The molecular formula is C10H15NO2. The number of hydrogen-bond donors (Lipinski definition) is 3. The number of aliphatic hydroxyl groups is 2. The van der Waals surface area contributed by atoms with Gasteiger partial charge in [0.2, 0.25) is 0 Å². The predicted octanol–water partition coefficient (Wildman–Crippen LogP) is 0.560. The van der Waals surface area contributed by atoms with E-state index in [4.69, 9.17) is 10.8 Å². The van der Waals surface area contributed by atoms with Gasteiger partial charge in [-0.15, -0.1) is 0 Å². The molecule has 0 amide bonds. The van der Waals surface area contributed by atoms with E-state index in [1.165, 1.54) is 0 Å². The zero-order valence-electron chi connectivity index (χ0n) is 7.64. The summed E-state index contributed by atoms with van der Waals surface area (Å²) in [5.41, 5.74) is 7.45. The largest absolute Gasteiger partial charge is 0.392 e. The minimum absolute atomic E-state index is 0.0319. The molecule has 3 heteroatoms. The lowest BCUT2D eigenvalue weighted by Crippen LogP contribution is -2.22. The minimum Gasteiger partial charge on any atom is -0.392 e. The van der Waals surface area contributed by atoms with E-state index < -0.39 is 6.10 Å². The molecule has 2 atom stereocenters. The summed E-state index contributed by atoms with van der Waals surface area (Å²) in [5, 5.41) is 18.0. The average Bonchev–Trinajstić information content (AvgIpc) is 2.17. The number of nitrogens with two attached hydrogens (primary N) is 1. The monoisotopic (exact) mass is 181 g/mol. The Hall–Kier alpha value is -0.900. The second kappa shape index (κ2) is 4.37. The van der Waals surface area contributed by atoms with E-state index in [1.54, 1.807) is 19.1 Å². The summed E-state index contributed by atoms with van der Waals surface area (Å²) in [6, 6.07) is 6.90. The molecule has 1 rings (SSSR count). The van der Waals surface area contributed by atoms with E-state index in [1.807, 2.05) is 12.1 Å². The van der Waals surface area contributed by atoms with Gasteiger partial charge in [0.15, 0.2) is 0 Å². The zero-order chi connectivity index (χ0) is 9.84. The molecule has 72 valence electrons. The summed E-state index contributed by atoms with van der Waals surface area (Å²) >= 11 is 0. The Kier molecular flexibility index (Phi) is 3.42. The molecule has 0 saturated heterocycles. The van der Waals surface area contributed by atoms with Crippen LogP contribution in [0.4, 0.5) is 0 Å². The van der Waals surface area contributed by atoms with Crippen LogP contribution in [0.3, 0.4) is 0 Å². The quantitative estimate of drug-likeness (QED) is 0.638. The van der Waals surface area contributed by atoms with Crippen molar-refractivity contribution in [3.8, 4) is 0 Å². The second-order valence-corrected chi connectivity index (χ2v) is 3.17. The Labute approximate surface area is 77.8 Å². The van der Waals surface area contributed by atoms with Crippen LogP contribution in [-0.4, -0.2) is 16.3 Å². The number of aliphatic hydroxyl groups excluding tert-OH is 2. The van der Waals surface area contributed by atoms with Gasteiger partial charge in [-0.25, -0.2) is 0 Å². The van der Waals surface area contributed by atoms with Crippen molar-refractivity contribution in [2.24, 2.45) is 5.73 Å². The van der Waals surface area contributed by atoms with Gasteiger partial charge in [0.1, 0.15) is 0 Å². The highest BCUT2D eigenvalue weighted by Gasteiger charge is 2.10. The van der Waals surface area contributed by atoms with Crippen LogP contribution in [0.15, 0.2) is 24.3 Å². The third kappa shape index (κ3) is 2.52. The fraction of sp³-hybridized carbons (Fsp3) is 0.400. The summed E-state index contributed by atoms with van der Waals surface area (Å²) in [6.07, 6.45) is -0.556. The molecule has 0 aliphatic rings.